The molecule has 21 heavy (non-hydrogen) atoms. The van der Waals surface area contributed by atoms with Gasteiger partial charge in [-0.2, -0.15) is 0 Å². The van der Waals surface area contributed by atoms with Gasteiger partial charge < -0.3 is 15.5 Å². The van der Waals surface area contributed by atoms with E-state index in [9.17, 15) is 0 Å². The smallest absolute Gasteiger partial charge is 0.148 e. The highest BCUT2D eigenvalue weighted by Crippen LogP contribution is 2.39. The SMILES string of the molecule is COc1ccc(Nc2nc(C3CC3)nc(NN)c2C)cc1. The number of methoxy groups -OCH3 is 1. The third kappa shape index (κ3) is 2.90. The predicted octanol–water partition coefficient (Wildman–Crippen LogP) is 2.70. The number of aromatic nitrogens is 2. The number of hydrogen-bond acceptors (Lipinski definition) is 6. The van der Waals surface area contributed by atoms with E-state index in [4.69, 9.17) is 10.6 Å². The van der Waals surface area contributed by atoms with Crippen molar-refractivity contribution in [3.63, 3.8) is 0 Å². The van der Waals surface area contributed by atoms with E-state index < -0.39 is 0 Å². The number of benzene rings is 1. The molecule has 1 aliphatic carbocycles. The minimum Gasteiger partial charge on any atom is -0.497 e. The molecule has 2 aromatic rings. The Bertz CT molecular complexity index is 637. The molecule has 1 heterocycles. The molecule has 0 spiro atoms. The summed E-state index contributed by atoms with van der Waals surface area (Å²) in [5.41, 5.74) is 4.50. The summed E-state index contributed by atoms with van der Waals surface area (Å²) in [5, 5.41) is 3.32. The van der Waals surface area contributed by atoms with Crippen molar-refractivity contribution in [2.24, 2.45) is 5.84 Å². The number of hydrogen-bond donors (Lipinski definition) is 3. The van der Waals surface area contributed by atoms with Crippen molar-refractivity contribution in [2.45, 2.75) is 25.7 Å². The molecule has 0 unspecified atom stereocenters. The van der Waals surface area contributed by atoms with Crippen molar-refractivity contribution in [1.29, 1.82) is 0 Å². The molecule has 3 rings (SSSR count). The van der Waals surface area contributed by atoms with E-state index in [-0.39, 0.29) is 0 Å². The molecule has 1 aliphatic rings. The lowest BCUT2D eigenvalue weighted by atomic mass is 10.2. The summed E-state index contributed by atoms with van der Waals surface area (Å²) < 4.78 is 5.16. The van der Waals surface area contributed by atoms with Crippen molar-refractivity contribution in [2.75, 3.05) is 17.9 Å². The molecule has 1 saturated carbocycles. The first-order valence-corrected chi connectivity index (χ1v) is 6.97. The summed E-state index contributed by atoms with van der Waals surface area (Å²) in [6.07, 6.45) is 2.30. The normalized spacial score (nSPS) is 13.9. The zero-order valence-electron chi connectivity index (χ0n) is 12.2. The number of rotatable bonds is 5. The maximum absolute atomic E-state index is 5.56. The largest absolute Gasteiger partial charge is 0.497 e. The molecule has 0 bridgehead atoms. The number of nitrogens with two attached hydrogens (primary N) is 1. The number of nitrogen functional groups attached to an aromatic ring is 1. The van der Waals surface area contributed by atoms with E-state index in [1.807, 2.05) is 31.2 Å². The van der Waals surface area contributed by atoms with Crippen LogP contribution in [0.15, 0.2) is 24.3 Å². The predicted molar refractivity (Wildman–Crippen MR) is 82.8 cm³/mol. The number of hydrazine groups is 1. The van der Waals surface area contributed by atoms with E-state index in [0.29, 0.717) is 11.7 Å². The molecule has 1 aromatic heterocycles. The summed E-state index contributed by atoms with van der Waals surface area (Å²) in [5.74, 6) is 9.15. The zero-order valence-corrected chi connectivity index (χ0v) is 12.2. The highest BCUT2D eigenvalue weighted by Gasteiger charge is 2.28. The van der Waals surface area contributed by atoms with Crippen molar-refractivity contribution < 1.29 is 4.74 Å². The molecule has 110 valence electrons. The van der Waals surface area contributed by atoms with Crippen LogP contribution in [0.3, 0.4) is 0 Å². The van der Waals surface area contributed by atoms with Gasteiger partial charge in [-0.05, 0) is 44.0 Å². The van der Waals surface area contributed by atoms with Gasteiger partial charge in [0.1, 0.15) is 23.2 Å². The highest BCUT2D eigenvalue weighted by molar-refractivity contribution is 5.65. The Labute approximate surface area is 123 Å². The Balaban J connectivity index is 1.90. The second kappa shape index (κ2) is 5.57. The fourth-order valence-electron chi connectivity index (χ4n) is 2.13. The van der Waals surface area contributed by atoms with Crippen LogP contribution in [0.5, 0.6) is 5.75 Å². The van der Waals surface area contributed by atoms with Gasteiger partial charge in [0.25, 0.3) is 0 Å². The molecule has 0 saturated heterocycles. The Morgan fingerprint density at radius 3 is 2.38 bits per heavy atom. The summed E-state index contributed by atoms with van der Waals surface area (Å²) >= 11 is 0. The molecule has 4 N–H and O–H groups in total. The van der Waals surface area contributed by atoms with Gasteiger partial charge in [0.2, 0.25) is 0 Å². The summed E-state index contributed by atoms with van der Waals surface area (Å²) in [4.78, 5) is 9.11. The van der Waals surface area contributed by atoms with Crippen LogP contribution in [0.2, 0.25) is 0 Å². The molecule has 0 radical (unpaired) electrons. The Morgan fingerprint density at radius 1 is 1.14 bits per heavy atom. The van der Waals surface area contributed by atoms with Crippen LogP contribution in [0.1, 0.15) is 30.1 Å². The van der Waals surface area contributed by atoms with Gasteiger partial charge >= 0.3 is 0 Å². The van der Waals surface area contributed by atoms with Crippen LogP contribution in [-0.4, -0.2) is 17.1 Å². The molecule has 1 aromatic carbocycles. The van der Waals surface area contributed by atoms with Crippen LogP contribution in [0, 0.1) is 6.92 Å². The van der Waals surface area contributed by atoms with Gasteiger partial charge in [0, 0.05) is 17.2 Å². The van der Waals surface area contributed by atoms with E-state index in [0.717, 1.165) is 41.5 Å². The first-order chi connectivity index (χ1) is 10.2. The van der Waals surface area contributed by atoms with E-state index in [2.05, 4.69) is 20.7 Å². The minimum atomic E-state index is 0.467. The molecule has 0 atom stereocenters. The van der Waals surface area contributed by atoms with Gasteiger partial charge in [-0.1, -0.05) is 0 Å². The first kappa shape index (κ1) is 13.6. The number of nitrogens with zero attached hydrogens (tertiary/aromatic N) is 2. The van der Waals surface area contributed by atoms with Gasteiger partial charge in [0.05, 0.1) is 7.11 Å². The van der Waals surface area contributed by atoms with Crippen LogP contribution in [-0.2, 0) is 0 Å². The lowest BCUT2D eigenvalue weighted by Crippen LogP contribution is -2.13. The summed E-state index contributed by atoms with van der Waals surface area (Å²) in [6.45, 7) is 1.94. The van der Waals surface area contributed by atoms with Gasteiger partial charge in [0.15, 0.2) is 0 Å². The van der Waals surface area contributed by atoms with Crippen molar-refractivity contribution in [3.05, 3.63) is 35.7 Å². The number of nitrogens with one attached hydrogen (secondary N) is 2. The molecule has 0 amide bonds. The van der Waals surface area contributed by atoms with Gasteiger partial charge in [-0.15, -0.1) is 0 Å². The van der Waals surface area contributed by atoms with E-state index in [1.54, 1.807) is 7.11 Å². The first-order valence-electron chi connectivity index (χ1n) is 6.97. The monoisotopic (exact) mass is 285 g/mol. The van der Waals surface area contributed by atoms with Crippen molar-refractivity contribution in [1.82, 2.24) is 9.97 Å². The van der Waals surface area contributed by atoms with Crippen LogP contribution in [0.4, 0.5) is 17.3 Å². The van der Waals surface area contributed by atoms with Gasteiger partial charge in [-0.25, -0.2) is 15.8 Å². The Hall–Kier alpha value is -2.34. The van der Waals surface area contributed by atoms with Crippen LogP contribution in [0.25, 0.3) is 0 Å². The molecular formula is C15H19N5O. The highest BCUT2D eigenvalue weighted by atomic mass is 16.5. The average molecular weight is 285 g/mol. The lowest BCUT2D eigenvalue weighted by Gasteiger charge is -2.13. The van der Waals surface area contributed by atoms with Gasteiger partial charge in [-0.3, -0.25) is 0 Å². The molecule has 0 aliphatic heterocycles. The second-order valence-corrected chi connectivity index (χ2v) is 5.18. The minimum absolute atomic E-state index is 0.467. The molecule has 1 fully saturated rings. The fraction of sp³-hybridized carbons (Fsp3) is 0.333. The third-order valence-corrected chi connectivity index (χ3v) is 3.60. The zero-order chi connectivity index (χ0) is 14.8. The second-order valence-electron chi connectivity index (χ2n) is 5.18. The molecule has 6 nitrogen and oxygen atoms in total. The topological polar surface area (TPSA) is 85.1 Å². The average Bonchev–Trinajstić information content (AvgIpc) is 3.35. The number of anilines is 3. The lowest BCUT2D eigenvalue weighted by molar-refractivity contribution is 0.415. The summed E-state index contributed by atoms with van der Waals surface area (Å²) in [6, 6.07) is 7.71. The maximum Gasteiger partial charge on any atom is 0.148 e. The summed E-state index contributed by atoms with van der Waals surface area (Å²) in [7, 11) is 1.65. The van der Waals surface area contributed by atoms with Crippen LogP contribution < -0.4 is 21.3 Å². The standard InChI is InChI=1S/C15H19N5O/c1-9-13(17-11-5-7-12(21-2)8-6-11)18-15(10-3-4-10)19-14(9)20-16/h5-8,10H,3-4,16H2,1-2H3,(H2,17,18,19,20). The van der Waals surface area contributed by atoms with E-state index in [1.165, 1.54) is 0 Å². The Kier molecular flexibility index (Phi) is 3.62. The quantitative estimate of drug-likeness (QED) is 0.578. The Morgan fingerprint density at radius 2 is 1.81 bits per heavy atom. The van der Waals surface area contributed by atoms with Crippen molar-refractivity contribution >= 4 is 17.3 Å². The third-order valence-electron chi connectivity index (χ3n) is 3.60. The number of ether oxygens (including phenoxy) is 1. The fourth-order valence-corrected chi connectivity index (χ4v) is 2.13. The van der Waals surface area contributed by atoms with Crippen LogP contribution >= 0.6 is 0 Å². The molecule has 6 heteroatoms. The van der Waals surface area contributed by atoms with E-state index >= 15 is 0 Å². The maximum atomic E-state index is 5.56. The molecular weight excluding hydrogens is 266 g/mol. The van der Waals surface area contributed by atoms with Crippen molar-refractivity contribution in [3.8, 4) is 5.75 Å².